The maximum Gasteiger partial charge on any atom is 0.337 e. The maximum atomic E-state index is 11.8. The monoisotopic (exact) mass is 308 g/mol. The first-order valence-electron chi connectivity index (χ1n) is 6.79. The Hall–Kier alpha value is -2.01. The average molecular weight is 309 g/mol. The van der Waals surface area contributed by atoms with Gasteiger partial charge in [0.15, 0.2) is 0 Å². The lowest BCUT2D eigenvalue weighted by Gasteiger charge is -2.18. The van der Waals surface area contributed by atoms with Crippen LogP contribution < -0.4 is 10.6 Å². The Morgan fingerprint density at radius 2 is 2.14 bits per heavy atom. The van der Waals surface area contributed by atoms with Crippen molar-refractivity contribution in [1.29, 1.82) is 0 Å². The molecule has 1 atom stereocenters. The van der Waals surface area contributed by atoms with Crippen LogP contribution in [0.4, 0.5) is 10.5 Å². The number of carboxylic acids is 1. The van der Waals surface area contributed by atoms with Gasteiger partial charge in [-0.1, -0.05) is 23.8 Å². The average Bonchev–Trinajstić information content (AvgIpc) is 2.48. The van der Waals surface area contributed by atoms with Crippen molar-refractivity contribution in [3.8, 4) is 0 Å². The van der Waals surface area contributed by atoms with E-state index in [1.54, 1.807) is 0 Å². The lowest BCUT2D eigenvalue weighted by Crippen LogP contribution is -2.33. The molecular formula is C15H17ClN2O3. The van der Waals surface area contributed by atoms with Gasteiger partial charge in [0, 0.05) is 11.6 Å². The molecule has 2 rings (SSSR count). The zero-order chi connectivity index (χ0) is 15.2. The summed E-state index contributed by atoms with van der Waals surface area (Å²) in [5.41, 5.74) is 0.200. The van der Waals surface area contributed by atoms with Crippen LogP contribution in [0.5, 0.6) is 0 Å². The van der Waals surface area contributed by atoms with Gasteiger partial charge in [0.25, 0.3) is 0 Å². The summed E-state index contributed by atoms with van der Waals surface area (Å²) in [5, 5.41) is 14.7. The fraction of sp³-hybridized carbons (Fsp3) is 0.333. The summed E-state index contributed by atoms with van der Waals surface area (Å²) in [7, 11) is 0. The molecule has 0 heterocycles. The summed E-state index contributed by atoms with van der Waals surface area (Å²) in [6.07, 6.45) is 7.31. The van der Waals surface area contributed by atoms with Crippen molar-refractivity contribution in [2.75, 3.05) is 11.9 Å². The Bertz CT molecular complexity index is 572. The molecule has 2 amide bonds. The largest absolute Gasteiger partial charge is 0.478 e. The number of halogens is 1. The van der Waals surface area contributed by atoms with E-state index in [2.05, 4.69) is 22.8 Å². The molecule has 0 aliphatic heterocycles. The van der Waals surface area contributed by atoms with Gasteiger partial charge in [-0.15, -0.1) is 0 Å². The van der Waals surface area contributed by atoms with E-state index in [0.717, 1.165) is 19.3 Å². The maximum absolute atomic E-state index is 11.8. The summed E-state index contributed by atoms with van der Waals surface area (Å²) >= 11 is 5.76. The second kappa shape index (κ2) is 7.13. The predicted octanol–water partition coefficient (Wildman–Crippen LogP) is 3.52. The minimum Gasteiger partial charge on any atom is -0.478 e. The van der Waals surface area contributed by atoms with Crippen LogP contribution in [0.25, 0.3) is 0 Å². The number of anilines is 1. The highest BCUT2D eigenvalue weighted by atomic mass is 35.5. The summed E-state index contributed by atoms with van der Waals surface area (Å²) in [4.78, 5) is 23.0. The molecule has 1 aromatic rings. The highest BCUT2D eigenvalue weighted by Gasteiger charge is 2.15. The van der Waals surface area contributed by atoms with Crippen molar-refractivity contribution in [2.45, 2.75) is 19.3 Å². The molecule has 5 nitrogen and oxygen atoms in total. The van der Waals surface area contributed by atoms with E-state index in [4.69, 9.17) is 16.7 Å². The van der Waals surface area contributed by atoms with Gasteiger partial charge in [-0.25, -0.2) is 9.59 Å². The van der Waals surface area contributed by atoms with Crippen LogP contribution in [0.2, 0.25) is 5.02 Å². The molecule has 0 bridgehead atoms. The van der Waals surface area contributed by atoms with Crippen molar-refractivity contribution >= 4 is 29.3 Å². The highest BCUT2D eigenvalue weighted by Crippen LogP contribution is 2.21. The molecule has 0 radical (unpaired) electrons. The lowest BCUT2D eigenvalue weighted by atomic mass is 9.94. The fourth-order valence-corrected chi connectivity index (χ4v) is 2.42. The van der Waals surface area contributed by atoms with E-state index < -0.39 is 12.0 Å². The summed E-state index contributed by atoms with van der Waals surface area (Å²) < 4.78 is 0. The highest BCUT2D eigenvalue weighted by molar-refractivity contribution is 6.31. The zero-order valence-corrected chi connectivity index (χ0v) is 12.2. The Labute approximate surface area is 128 Å². The van der Waals surface area contributed by atoms with Crippen LogP contribution in [0.1, 0.15) is 29.6 Å². The molecule has 0 spiro atoms. The Kier molecular flexibility index (Phi) is 5.22. The molecule has 112 valence electrons. The molecule has 1 aliphatic carbocycles. The first-order chi connectivity index (χ1) is 10.1. The van der Waals surface area contributed by atoms with E-state index >= 15 is 0 Å². The molecule has 0 saturated carbocycles. The van der Waals surface area contributed by atoms with Gasteiger partial charge >= 0.3 is 12.0 Å². The van der Waals surface area contributed by atoms with Gasteiger partial charge in [-0.2, -0.15) is 0 Å². The number of benzene rings is 1. The van der Waals surface area contributed by atoms with E-state index in [0.29, 0.717) is 17.5 Å². The number of carbonyl (C=O) groups is 2. The first-order valence-corrected chi connectivity index (χ1v) is 7.16. The molecule has 0 fully saturated rings. The molecular weight excluding hydrogens is 292 g/mol. The number of carbonyl (C=O) groups excluding carboxylic acids is 1. The molecule has 1 aromatic carbocycles. The Balaban J connectivity index is 1.93. The summed E-state index contributed by atoms with van der Waals surface area (Å²) in [6, 6.07) is 3.92. The SMILES string of the molecule is O=C(NCC1CC=CCC1)Nc1ccc(Cl)cc1C(=O)O. The molecule has 0 aromatic heterocycles. The zero-order valence-electron chi connectivity index (χ0n) is 11.4. The number of allylic oxidation sites excluding steroid dienone is 2. The molecule has 3 N–H and O–H groups in total. The van der Waals surface area contributed by atoms with Crippen molar-refractivity contribution in [2.24, 2.45) is 5.92 Å². The molecule has 21 heavy (non-hydrogen) atoms. The molecule has 0 saturated heterocycles. The van der Waals surface area contributed by atoms with Crippen molar-refractivity contribution in [3.05, 3.63) is 40.9 Å². The van der Waals surface area contributed by atoms with Crippen molar-refractivity contribution in [1.82, 2.24) is 5.32 Å². The number of urea groups is 1. The quantitative estimate of drug-likeness (QED) is 0.745. The number of hydrogen-bond donors (Lipinski definition) is 3. The third-order valence-corrected chi connectivity index (χ3v) is 3.62. The van der Waals surface area contributed by atoms with Crippen LogP contribution >= 0.6 is 11.6 Å². The van der Waals surface area contributed by atoms with Gasteiger partial charge < -0.3 is 15.7 Å². The number of amides is 2. The number of aromatic carboxylic acids is 1. The van der Waals surface area contributed by atoms with Crippen LogP contribution in [-0.4, -0.2) is 23.7 Å². The second-order valence-electron chi connectivity index (χ2n) is 4.98. The molecule has 1 aliphatic rings. The van der Waals surface area contributed by atoms with Crippen LogP contribution in [0, 0.1) is 5.92 Å². The van der Waals surface area contributed by atoms with Gasteiger partial charge in [-0.05, 0) is 43.4 Å². The Morgan fingerprint density at radius 1 is 1.33 bits per heavy atom. The standard InChI is InChI=1S/C15H17ClN2O3/c16-11-6-7-13(12(8-11)14(19)20)18-15(21)17-9-10-4-2-1-3-5-10/h1-2,6-8,10H,3-5,9H2,(H,19,20)(H2,17,18,21). The number of hydrogen-bond acceptors (Lipinski definition) is 2. The van der Waals surface area contributed by atoms with Crippen molar-refractivity contribution in [3.63, 3.8) is 0 Å². The van der Waals surface area contributed by atoms with Crippen LogP contribution in [0.3, 0.4) is 0 Å². The summed E-state index contributed by atoms with van der Waals surface area (Å²) in [5.74, 6) is -0.699. The van der Waals surface area contributed by atoms with Crippen LogP contribution in [-0.2, 0) is 0 Å². The fourth-order valence-electron chi connectivity index (χ4n) is 2.25. The van der Waals surface area contributed by atoms with E-state index in [1.165, 1.54) is 18.2 Å². The van der Waals surface area contributed by atoms with Gasteiger partial charge in [0.1, 0.15) is 0 Å². The molecule has 6 heteroatoms. The topological polar surface area (TPSA) is 78.4 Å². The van der Waals surface area contributed by atoms with E-state index in [-0.39, 0.29) is 11.3 Å². The number of rotatable bonds is 4. The minimum absolute atomic E-state index is 0.0294. The van der Waals surface area contributed by atoms with Crippen LogP contribution in [0.15, 0.2) is 30.4 Å². The third kappa shape index (κ3) is 4.49. The lowest BCUT2D eigenvalue weighted by molar-refractivity contribution is 0.0698. The number of carboxylic acid groups (broad SMARTS) is 1. The number of nitrogens with one attached hydrogen (secondary N) is 2. The van der Waals surface area contributed by atoms with Gasteiger partial charge in [0.2, 0.25) is 0 Å². The first kappa shape index (κ1) is 15.4. The van der Waals surface area contributed by atoms with Gasteiger partial charge in [-0.3, -0.25) is 0 Å². The Morgan fingerprint density at radius 3 is 2.81 bits per heavy atom. The van der Waals surface area contributed by atoms with Gasteiger partial charge in [0.05, 0.1) is 11.3 Å². The second-order valence-corrected chi connectivity index (χ2v) is 5.42. The molecule has 1 unspecified atom stereocenters. The van der Waals surface area contributed by atoms with Crippen molar-refractivity contribution < 1.29 is 14.7 Å². The summed E-state index contributed by atoms with van der Waals surface area (Å²) in [6.45, 7) is 0.576. The van der Waals surface area contributed by atoms with E-state index in [9.17, 15) is 9.59 Å². The third-order valence-electron chi connectivity index (χ3n) is 3.39. The smallest absolute Gasteiger partial charge is 0.337 e. The predicted molar refractivity (Wildman–Crippen MR) is 81.9 cm³/mol. The normalized spacial score (nSPS) is 17.3. The van der Waals surface area contributed by atoms with E-state index in [1.807, 2.05) is 0 Å². The minimum atomic E-state index is -1.13.